The summed E-state index contributed by atoms with van der Waals surface area (Å²) in [6.45, 7) is 2.12. The highest BCUT2D eigenvalue weighted by molar-refractivity contribution is 7.15. The van der Waals surface area contributed by atoms with Crippen molar-refractivity contribution in [3.05, 3.63) is 83.1 Å². The van der Waals surface area contributed by atoms with Gasteiger partial charge in [-0.05, 0) is 31.0 Å². The molecule has 0 radical (unpaired) electrons. The van der Waals surface area contributed by atoms with Crippen LogP contribution in [0.3, 0.4) is 0 Å². The lowest BCUT2D eigenvalue weighted by Gasteiger charge is -2.35. The first-order chi connectivity index (χ1) is 17.0. The van der Waals surface area contributed by atoms with Crippen molar-refractivity contribution in [2.45, 2.75) is 25.8 Å². The number of Topliss-reactive ketones (excluding diaryl/α,β-unsaturated/α-hetero) is 1. The van der Waals surface area contributed by atoms with Crippen LogP contribution in [0.25, 0.3) is 21.3 Å². The van der Waals surface area contributed by atoms with E-state index in [2.05, 4.69) is 15.3 Å². The van der Waals surface area contributed by atoms with E-state index in [0.717, 1.165) is 20.8 Å². The normalized spacial score (nSPS) is 15.9. The van der Waals surface area contributed by atoms with Gasteiger partial charge in [0.1, 0.15) is 5.69 Å². The van der Waals surface area contributed by atoms with E-state index in [-0.39, 0.29) is 36.7 Å². The lowest BCUT2D eigenvalue weighted by molar-refractivity contribution is -0.122. The third kappa shape index (κ3) is 4.70. The first-order valence-corrected chi connectivity index (χ1v) is 12.3. The number of carbonyl (C=O) groups excluding carboxylic acids is 3. The maximum absolute atomic E-state index is 13.6. The van der Waals surface area contributed by atoms with Gasteiger partial charge >= 0.3 is 0 Å². The molecule has 1 aliphatic heterocycles. The van der Waals surface area contributed by atoms with Gasteiger partial charge in [0, 0.05) is 24.5 Å². The van der Waals surface area contributed by atoms with Gasteiger partial charge in [0.2, 0.25) is 0 Å². The molecule has 1 unspecified atom stereocenters. The van der Waals surface area contributed by atoms with Crippen LogP contribution >= 0.6 is 11.3 Å². The van der Waals surface area contributed by atoms with E-state index in [4.69, 9.17) is 0 Å². The molecule has 176 valence electrons. The van der Waals surface area contributed by atoms with E-state index in [9.17, 15) is 14.4 Å². The average Bonchev–Trinajstić information content (AvgIpc) is 3.29. The van der Waals surface area contributed by atoms with Crippen LogP contribution in [0.1, 0.15) is 38.7 Å². The summed E-state index contributed by atoms with van der Waals surface area (Å²) < 4.78 is 0. The molecule has 0 aliphatic carbocycles. The summed E-state index contributed by atoms with van der Waals surface area (Å²) >= 11 is 1.46. The molecule has 0 saturated carbocycles. The molecule has 35 heavy (non-hydrogen) atoms. The second kappa shape index (κ2) is 9.76. The molecule has 4 aromatic rings. The number of aryl methyl sites for hydroxylation is 1. The van der Waals surface area contributed by atoms with Crippen LogP contribution in [0.4, 0.5) is 0 Å². The summed E-state index contributed by atoms with van der Waals surface area (Å²) in [4.78, 5) is 50.2. The minimum absolute atomic E-state index is 0.00684. The lowest BCUT2D eigenvalue weighted by Crippen LogP contribution is -2.52. The first kappa shape index (κ1) is 22.9. The zero-order chi connectivity index (χ0) is 24.4. The van der Waals surface area contributed by atoms with Crippen LogP contribution in [0.2, 0.25) is 0 Å². The van der Waals surface area contributed by atoms with Crippen molar-refractivity contribution in [3.63, 3.8) is 0 Å². The highest BCUT2D eigenvalue weighted by Gasteiger charge is 2.34. The van der Waals surface area contributed by atoms with Gasteiger partial charge in [-0.15, -0.1) is 11.3 Å². The van der Waals surface area contributed by atoms with Crippen LogP contribution in [0.5, 0.6) is 0 Å². The molecular weight excluding hydrogens is 460 g/mol. The summed E-state index contributed by atoms with van der Waals surface area (Å²) in [5, 5.41) is 4.62. The number of ketones is 1. The third-order valence-electron chi connectivity index (χ3n) is 6.15. The van der Waals surface area contributed by atoms with Crippen molar-refractivity contribution in [2.75, 3.05) is 13.1 Å². The number of amides is 2. The molecule has 3 heterocycles. The number of fused-ring (bicyclic) bond motifs is 1. The second-order valence-corrected chi connectivity index (χ2v) is 9.73. The van der Waals surface area contributed by atoms with E-state index in [1.807, 2.05) is 61.5 Å². The Morgan fingerprint density at radius 3 is 2.71 bits per heavy atom. The number of aromatic nitrogens is 2. The summed E-state index contributed by atoms with van der Waals surface area (Å²) in [6, 6.07) is 18.6. The number of pyridine rings is 1. The summed E-state index contributed by atoms with van der Waals surface area (Å²) in [5.41, 5.74) is 2.38. The molecule has 2 amide bonds. The van der Waals surface area contributed by atoms with Crippen LogP contribution in [0, 0.1) is 6.92 Å². The van der Waals surface area contributed by atoms with Gasteiger partial charge < -0.3 is 10.2 Å². The number of carbonyl (C=O) groups is 3. The molecule has 1 fully saturated rings. The summed E-state index contributed by atoms with van der Waals surface area (Å²) in [6.07, 6.45) is 2.52. The minimum Gasteiger partial charge on any atom is -0.350 e. The van der Waals surface area contributed by atoms with Gasteiger partial charge in [-0.25, -0.2) is 4.98 Å². The topological polar surface area (TPSA) is 92.3 Å². The van der Waals surface area contributed by atoms with Crippen LogP contribution in [0.15, 0.2) is 66.9 Å². The fourth-order valence-corrected chi connectivity index (χ4v) is 5.33. The number of para-hydroxylation sites is 1. The van der Waals surface area contributed by atoms with Crippen molar-refractivity contribution in [1.29, 1.82) is 0 Å². The van der Waals surface area contributed by atoms with Gasteiger partial charge in [0.25, 0.3) is 11.8 Å². The maximum atomic E-state index is 13.6. The van der Waals surface area contributed by atoms with Crippen molar-refractivity contribution in [3.8, 4) is 10.4 Å². The monoisotopic (exact) mass is 484 g/mol. The number of hydrogen-bond donors (Lipinski definition) is 1. The Labute approximate surface area is 206 Å². The molecule has 2 aromatic heterocycles. The number of thiazole rings is 1. The van der Waals surface area contributed by atoms with Gasteiger partial charge in [-0.1, -0.05) is 48.5 Å². The Balaban J connectivity index is 1.38. The average molecular weight is 485 g/mol. The van der Waals surface area contributed by atoms with Crippen molar-refractivity contribution in [1.82, 2.24) is 20.2 Å². The first-order valence-electron chi connectivity index (χ1n) is 11.5. The van der Waals surface area contributed by atoms with Gasteiger partial charge in [-0.2, -0.15) is 0 Å². The highest BCUT2D eigenvalue weighted by atomic mass is 32.1. The van der Waals surface area contributed by atoms with Crippen LogP contribution in [-0.4, -0.2) is 51.6 Å². The van der Waals surface area contributed by atoms with E-state index in [0.29, 0.717) is 29.6 Å². The standard InChI is InChI=1S/C27H24N4O3S/c1-17-30-24(25(35-17)19-7-3-2-4-8-19)27(34)31-16-21(32)13-12-20(31)15-29-26(33)22-11-5-9-18-10-6-14-28-23(18)22/h2-11,14,20H,12-13,15-16H2,1H3,(H,29,33). The molecule has 0 spiro atoms. The molecule has 1 aliphatic rings. The second-order valence-electron chi connectivity index (χ2n) is 8.53. The Kier molecular flexibility index (Phi) is 6.37. The smallest absolute Gasteiger partial charge is 0.274 e. The number of likely N-dealkylation sites (tertiary alicyclic amines) is 1. The van der Waals surface area contributed by atoms with E-state index in [1.165, 1.54) is 11.3 Å². The fourth-order valence-electron chi connectivity index (χ4n) is 4.42. The maximum Gasteiger partial charge on any atom is 0.274 e. The number of rotatable bonds is 5. The van der Waals surface area contributed by atoms with Crippen LogP contribution < -0.4 is 5.32 Å². The predicted molar refractivity (Wildman–Crippen MR) is 135 cm³/mol. The summed E-state index contributed by atoms with van der Waals surface area (Å²) in [7, 11) is 0. The van der Waals surface area contributed by atoms with Gasteiger partial charge in [0.15, 0.2) is 5.78 Å². The number of nitrogens with zero attached hydrogens (tertiary/aromatic N) is 3. The third-order valence-corrected chi connectivity index (χ3v) is 7.17. The Bertz CT molecular complexity index is 1410. The Hall–Kier alpha value is -3.91. The van der Waals surface area contributed by atoms with E-state index >= 15 is 0 Å². The molecule has 5 rings (SSSR count). The quantitative estimate of drug-likeness (QED) is 0.457. The molecular formula is C27H24N4O3S. The van der Waals surface area contributed by atoms with E-state index in [1.54, 1.807) is 17.2 Å². The van der Waals surface area contributed by atoms with Crippen molar-refractivity contribution < 1.29 is 14.4 Å². The number of hydrogen-bond acceptors (Lipinski definition) is 6. The Morgan fingerprint density at radius 1 is 1.09 bits per heavy atom. The molecule has 8 heteroatoms. The number of nitrogens with one attached hydrogen (secondary N) is 1. The fraction of sp³-hybridized carbons (Fsp3) is 0.222. The number of piperidine rings is 1. The van der Waals surface area contributed by atoms with Crippen molar-refractivity contribution >= 4 is 39.8 Å². The molecule has 2 aromatic carbocycles. The largest absolute Gasteiger partial charge is 0.350 e. The van der Waals surface area contributed by atoms with Crippen LogP contribution in [-0.2, 0) is 4.79 Å². The number of benzene rings is 2. The Morgan fingerprint density at radius 2 is 1.89 bits per heavy atom. The zero-order valence-corrected chi connectivity index (χ0v) is 20.0. The highest BCUT2D eigenvalue weighted by Crippen LogP contribution is 2.32. The molecule has 0 bridgehead atoms. The van der Waals surface area contributed by atoms with Crippen molar-refractivity contribution in [2.24, 2.45) is 0 Å². The lowest BCUT2D eigenvalue weighted by atomic mass is 9.99. The molecule has 1 saturated heterocycles. The molecule has 7 nitrogen and oxygen atoms in total. The minimum atomic E-state index is -0.308. The predicted octanol–water partition coefficient (Wildman–Crippen LogP) is 4.27. The molecule has 1 N–H and O–H groups in total. The summed E-state index contributed by atoms with van der Waals surface area (Å²) in [5.74, 6) is -0.534. The van der Waals surface area contributed by atoms with E-state index < -0.39 is 0 Å². The molecule has 1 atom stereocenters. The zero-order valence-electron chi connectivity index (χ0n) is 19.2. The van der Waals surface area contributed by atoms with Gasteiger partial charge in [0.05, 0.1) is 33.6 Å². The SMILES string of the molecule is Cc1nc(C(=O)N2CC(=O)CCC2CNC(=O)c2cccc3cccnc23)c(-c2ccccc2)s1. The van der Waals surface area contributed by atoms with Gasteiger partial charge in [-0.3, -0.25) is 19.4 Å².